The predicted octanol–water partition coefficient (Wildman–Crippen LogP) is 4.02. The molecule has 0 unspecified atom stereocenters. The molecule has 0 spiro atoms. The van der Waals surface area contributed by atoms with Gasteiger partial charge in [-0.3, -0.25) is 4.79 Å². The number of H-pyrrole nitrogens is 1. The topological polar surface area (TPSA) is 82.0 Å². The molecule has 7 nitrogen and oxygen atoms in total. The summed E-state index contributed by atoms with van der Waals surface area (Å²) in [5.74, 6) is 2.83. The average molecular weight is 423 g/mol. The second kappa shape index (κ2) is 9.04. The second-order valence-corrected chi connectivity index (χ2v) is 7.55. The summed E-state index contributed by atoms with van der Waals surface area (Å²) in [6.45, 7) is 3.08. The van der Waals surface area contributed by atoms with Crippen LogP contribution in [0.25, 0.3) is 10.9 Å². The highest BCUT2D eigenvalue weighted by Gasteiger charge is 2.13. The molecule has 8 heteroatoms. The highest BCUT2D eigenvalue weighted by Crippen LogP contribution is 2.26. The standard InChI is InChI=1S/C22H22N4O3S/c1-3-26-20(13-29-17-8-6-7-16(12-17)28-2)24-25-22(26)30-14-15-11-21(27)23-19-10-5-4-9-18(15)19/h4-12H,3,13-14H2,1-2H3,(H,23,27). The quantitative estimate of drug-likeness (QED) is 0.432. The Morgan fingerprint density at radius 1 is 1.07 bits per heavy atom. The summed E-state index contributed by atoms with van der Waals surface area (Å²) in [6.07, 6.45) is 0. The number of nitrogens with one attached hydrogen (secondary N) is 1. The molecule has 0 bridgehead atoms. The summed E-state index contributed by atoms with van der Waals surface area (Å²) in [5.41, 5.74) is 1.71. The molecule has 4 aromatic rings. The Morgan fingerprint density at radius 2 is 1.90 bits per heavy atom. The van der Waals surface area contributed by atoms with Crippen LogP contribution in [-0.4, -0.2) is 26.9 Å². The third-order valence-electron chi connectivity index (χ3n) is 4.71. The number of ether oxygens (including phenoxy) is 2. The molecule has 2 aromatic carbocycles. The van der Waals surface area contributed by atoms with Crippen molar-refractivity contribution in [3.05, 3.63) is 76.3 Å². The van der Waals surface area contributed by atoms with E-state index in [1.54, 1.807) is 24.9 Å². The Kier molecular flexibility index (Phi) is 6.04. The van der Waals surface area contributed by atoms with Gasteiger partial charge in [0.05, 0.1) is 7.11 Å². The zero-order chi connectivity index (χ0) is 20.9. The SMILES string of the molecule is CCn1c(COc2cccc(OC)c2)nnc1SCc1cc(=O)[nH]c2ccccc12. The van der Waals surface area contributed by atoms with Crippen molar-refractivity contribution in [2.75, 3.05) is 7.11 Å². The molecular weight excluding hydrogens is 400 g/mol. The number of rotatable bonds is 8. The molecule has 4 rings (SSSR count). The van der Waals surface area contributed by atoms with E-state index in [2.05, 4.69) is 15.2 Å². The van der Waals surface area contributed by atoms with Gasteiger partial charge in [0, 0.05) is 35.3 Å². The summed E-state index contributed by atoms with van der Waals surface area (Å²) in [5, 5.41) is 10.5. The van der Waals surface area contributed by atoms with Crippen molar-refractivity contribution in [1.29, 1.82) is 0 Å². The van der Waals surface area contributed by atoms with Crippen molar-refractivity contribution in [2.24, 2.45) is 0 Å². The third-order valence-corrected chi connectivity index (χ3v) is 5.73. The van der Waals surface area contributed by atoms with Gasteiger partial charge in [-0.25, -0.2) is 0 Å². The number of thioether (sulfide) groups is 1. The van der Waals surface area contributed by atoms with Crippen molar-refractivity contribution in [2.45, 2.75) is 31.0 Å². The first kappa shape index (κ1) is 20.0. The first-order valence-electron chi connectivity index (χ1n) is 9.60. The van der Waals surface area contributed by atoms with Crippen molar-refractivity contribution in [1.82, 2.24) is 19.7 Å². The van der Waals surface area contributed by atoms with Crippen molar-refractivity contribution in [3.8, 4) is 11.5 Å². The van der Waals surface area contributed by atoms with E-state index in [0.717, 1.165) is 39.7 Å². The molecule has 0 atom stereocenters. The summed E-state index contributed by atoms with van der Waals surface area (Å²) in [6, 6.07) is 16.9. The monoisotopic (exact) mass is 422 g/mol. The highest BCUT2D eigenvalue weighted by atomic mass is 32.2. The molecule has 2 heterocycles. The normalized spacial score (nSPS) is 11.0. The molecule has 0 aliphatic rings. The smallest absolute Gasteiger partial charge is 0.248 e. The molecule has 0 aliphatic carbocycles. The lowest BCUT2D eigenvalue weighted by molar-refractivity contribution is 0.286. The number of para-hydroxylation sites is 1. The number of nitrogens with zero attached hydrogens (tertiary/aromatic N) is 3. The average Bonchev–Trinajstić information content (AvgIpc) is 3.17. The van der Waals surface area contributed by atoms with Gasteiger partial charge in [-0.2, -0.15) is 0 Å². The van der Waals surface area contributed by atoms with Crippen LogP contribution in [0, 0.1) is 0 Å². The number of fused-ring (bicyclic) bond motifs is 1. The van der Waals surface area contributed by atoms with Gasteiger partial charge in [0.15, 0.2) is 11.0 Å². The van der Waals surface area contributed by atoms with Gasteiger partial charge in [0.25, 0.3) is 0 Å². The maximum Gasteiger partial charge on any atom is 0.248 e. The van der Waals surface area contributed by atoms with Crippen LogP contribution in [-0.2, 0) is 18.9 Å². The van der Waals surface area contributed by atoms with Crippen LogP contribution in [0.4, 0.5) is 0 Å². The van der Waals surface area contributed by atoms with E-state index in [1.165, 1.54) is 0 Å². The number of hydrogen-bond donors (Lipinski definition) is 1. The molecule has 0 radical (unpaired) electrons. The molecule has 0 aliphatic heterocycles. The number of methoxy groups -OCH3 is 1. The maximum absolute atomic E-state index is 12.0. The van der Waals surface area contributed by atoms with Crippen LogP contribution in [0.5, 0.6) is 11.5 Å². The van der Waals surface area contributed by atoms with Gasteiger partial charge in [-0.1, -0.05) is 36.0 Å². The van der Waals surface area contributed by atoms with Gasteiger partial charge in [-0.05, 0) is 30.7 Å². The fraction of sp³-hybridized carbons (Fsp3) is 0.227. The van der Waals surface area contributed by atoms with Crippen LogP contribution in [0.3, 0.4) is 0 Å². The fourth-order valence-corrected chi connectivity index (χ4v) is 4.24. The van der Waals surface area contributed by atoms with Gasteiger partial charge >= 0.3 is 0 Å². The minimum absolute atomic E-state index is 0.103. The first-order valence-corrected chi connectivity index (χ1v) is 10.6. The zero-order valence-electron chi connectivity index (χ0n) is 16.8. The van der Waals surface area contributed by atoms with Gasteiger partial charge in [0.1, 0.15) is 18.1 Å². The minimum atomic E-state index is -0.103. The summed E-state index contributed by atoms with van der Waals surface area (Å²) in [7, 11) is 1.63. The predicted molar refractivity (Wildman–Crippen MR) is 117 cm³/mol. The molecule has 1 N–H and O–H groups in total. The van der Waals surface area contributed by atoms with E-state index in [-0.39, 0.29) is 5.56 Å². The lowest BCUT2D eigenvalue weighted by Gasteiger charge is -2.10. The number of pyridine rings is 1. The molecule has 154 valence electrons. The molecule has 0 saturated heterocycles. The van der Waals surface area contributed by atoms with Gasteiger partial charge in [-0.15, -0.1) is 10.2 Å². The van der Waals surface area contributed by atoms with Crippen LogP contribution in [0.2, 0.25) is 0 Å². The van der Waals surface area contributed by atoms with E-state index < -0.39 is 0 Å². The molecule has 0 amide bonds. The number of benzene rings is 2. The molecular formula is C22H22N4O3S. The third kappa shape index (κ3) is 4.33. The Bertz CT molecular complexity index is 1220. The van der Waals surface area contributed by atoms with E-state index in [1.807, 2.05) is 60.0 Å². The van der Waals surface area contributed by atoms with Crippen LogP contribution in [0.15, 0.2) is 64.5 Å². The maximum atomic E-state index is 12.0. The molecule has 2 aromatic heterocycles. The lowest BCUT2D eigenvalue weighted by atomic mass is 10.1. The Balaban J connectivity index is 1.49. The number of aromatic amines is 1. The molecule has 0 saturated carbocycles. The van der Waals surface area contributed by atoms with E-state index >= 15 is 0 Å². The van der Waals surface area contributed by atoms with Crippen molar-refractivity contribution >= 4 is 22.7 Å². The molecule has 30 heavy (non-hydrogen) atoms. The Hall–Kier alpha value is -3.26. The second-order valence-electron chi connectivity index (χ2n) is 6.60. The van der Waals surface area contributed by atoms with E-state index in [0.29, 0.717) is 18.1 Å². The Morgan fingerprint density at radius 3 is 2.73 bits per heavy atom. The zero-order valence-corrected chi connectivity index (χ0v) is 17.6. The largest absolute Gasteiger partial charge is 0.497 e. The summed E-state index contributed by atoms with van der Waals surface area (Å²) in [4.78, 5) is 14.9. The first-order chi connectivity index (χ1) is 14.7. The lowest BCUT2D eigenvalue weighted by Crippen LogP contribution is -2.08. The fourth-order valence-electron chi connectivity index (χ4n) is 3.23. The minimum Gasteiger partial charge on any atom is -0.497 e. The van der Waals surface area contributed by atoms with Crippen molar-refractivity contribution < 1.29 is 9.47 Å². The van der Waals surface area contributed by atoms with E-state index in [4.69, 9.17) is 9.47 Å². The number of aromatic nitrogens is 4. The van der Waals surface area contributed by atoms with Crippen LogP contribution >= 0.6 is 11.8 Å². The van der Waals surface area contributed by atoms with Crippen LogP contribution < -0.4 is 15.0 Å². The Labute approximate surface area is 178 Å². The van der Waals surface area contributed by atoms with Crippen LogP contribution in [0.1, 0.15) is 18.3 Å². The summed E-state index contributed by atoms with van der Waals surface area (Å²) < 4.78 is 13.1. The van der Waals surface area contributed by atoms with Gasteiger partial charge in [0.2, 0.25) is 5.56 Å². The van der Waals surface area contributed by atoms with Gasteiger partial charge < -0.3 is 19.0 Å². The highest BCUT2D eigenvalue weighted by molar-refractivity contribution is 7.98. The number of hydrogen-bond acceptors (Lipinski definition) is 6. The van der Waals surface area contributed by atoms with Crippen molar-refractivity contribution in [3.63, 3.8) is 0 Å². The van der Waals surface area contributed by atoms with E-state index in [9.17, 15) is 4.79 Å². The molecule has 0 fully saturated rings. The summed E-state index contributed by atoms with van der Waals surface area (Å²) >= 11 is 1.56.